The number of unbranched alkanes of at least 4 members (excludes halogenated alkanes) is 2. The Labute approximate surface area is 60.3 Å². The van der Waals surface area contributed by atoms with Gasteiger partial charge in [0.15, 0.2) is 0 Å². The van der Waals surface area contributed by atoms with Crippen LogP contribution in [-0.4, -0.2) is 18.4 Å². The molecule has 0 fully saturated rings. The average molecular weight is 141 g/mol. The van der Waals surface area contributed by atoms with Crippen molar-refractivity contribution in [1.29, 1.82) is 5.41 Å². The first-order valence-electron chi connectivity index (χ1n) is 2.89. The molecule has 0 saturated carbocycles. The molecule has 0 aliphatic heterocycles. The highest BCUT2D eigenvalue weighted by atomic mass is 16.1. The standard InChI is InChI=1S/C5H8O2.C2H3N/c6-4-2-1-3-5-7;1-2-3/h4-5H,1-3H2;3H,1H2. The molecule has 0 rings (SSSR count). The second kappa shape index (κ2) is 15.7. The molecule has 0 unspecified atom stereocenters. The van der Waals surface area contributed by atoms with Crippen molar-refractivity contribution in [1.82, 2.24) is 0 Å². The first-order valence-corrected chi connectivity index (χ1v) is 2.89. The van der Waals surface area contributed by atoms with E-state index in [1.54, 1.807) is 5.87 Å². The van der Waals surface area contributed by atoms with Crippen molar-refractivity contribution in [2.75, 3.05) is 0 Å². The third-order valence-electron chi connectivity index (χ3n) is 0.644. The van der Waals surface area contributed by atoms with Gasteiger partial charge >= 0.3 is 0 Å². The van der Waals surface area contributed by atoms with E-state index < -0.39 is 0 Å². The summed E-state index contributed by atoms with van der Waals surface area (Å²) in [5.41, 5.74) is 0. The fourth-order valence-electron chi connectivity index (χ4n) is 0.285. The molecule has 0 spiro atoms. The fraction of sp³-hybridized carbons (Fsp3) is 0.429. The normalized spacial score (nSPS) is 6.40. The lowest BCUT2D eigenvalue weighted by Gasteiger charge is -1.78. The van der Waals surface area contributed by atoms with Crippen LogP contribution in [0.5, 0.6) is 0 Å². The van der Waals surface area contributed by atoms with E-state index in [9.17, 15) is 9.59 Å². The quantitative estimate of drug-likeness (QED) is 0.360. The topological polar surface area (TPSA) is 58.0 Å². The summed E-state index contributed by atoms with van der Waals surface area (Å²) < 4.78 is 0. The summed E-state index contributed by atoms with van der Waals surface area (Å²) in [6.07, 6.45) is 3.37. The molecule has 0 aromatic heterocycles. The Balaban J connectivity index is 0. The molecule has 0 heterocycles. The van der Waals surface area contributed by atoms with Gasteiger partial charge in [0.05, 0.1) is 0 Å². The molecule has 0 aliphatic rings. The highest BCUT2D eigenvalue weighted by molar-refractivity contribution is 5.52. The maximum atomic E-state index is 9.56. The average Bonchev–Trinajstić information content (AvgIpc) is 1.91. The minimum Gasteiger partial charge on any atom is -0.303 e. The lowest BCUT2D eigenvalue weighted by Crippen LogP contribution is -1.76. The maximum Gasteiger partial charge on any atom is 0.120 e. The molecule has 0 atom stereocenters. The van der Waals surface area contributed by atoms with E-state index in [1.807, 2.05) is 0 Å². The minimum atomic E-state index is 0.513. The second-order valence-electron chi connectivity index (χ2n) is 1.44. The number of hydrogen-bond acceptors (Lipinski definition) is 3. The third kappa shape index (κ3) is 29.2. The number of rotatable bonds is 4. The predicted molar refractivity (Wildman–Crippen MR) is 39.3 cm³/mol. The molecule has 10 heavy (non-hydrogen) atoms. The van der Waals surface area contributed by atoms with Gasteiger partial charge in [0.2, 0.25) is 0 Å². The Hall–Kier alpha value is -1.21. The second-order valence-corrected chi connectivity index (χ2v) is 1.44. The molecule has 3 nitrogen and oxygen atoms in total. The van der Waals surface area contributed by atoms with Gasteiger partial charge in [0.1, 0.15) is 12.6 Å². The van der Waals surface area contributed by atoms with E-state index in [4.69, 9.17) is 5.41 Å². The van der Waals surface area contributed by atoms with Crippen molar-refractivity contribution >= 4 is 18.4 Å². The number of carbonyl (C=O) groups excluding carboxylic acids is 2. The van der Waals surface area contributed by atoms with Gasteiger partial charge in [-0.15, -0.1) is 0 Å². The zero-order valence-corrected chi connectivity index (χ0v) is 5.80. The fourth-order valence-corrected chi connectivity index (χ4v) is 0.285. The maximum absolute atomic E-state index is 9.56. The van der Waals surface area contributed by atoms with Crippen LogP contribution in [0.15, 0.2) is 6.58 Å². The number of carbonyl (C=O) groups is 2. The van der Waals surface area contributed by atoms with Crippen molar-refractivity contribution in [2.24, 2.45) is 0 Å². The molecule has 0 bridgehead atoms. The van der Waals surface area contributed by atoms with Gasteiger partial charge in [-0.3, -0.25) is 5.41 Å². The van der Waals surface area contributed by atoms with Crippen molar-refractivity contribution < 1.29 is 9.59 Å². The Kier molecular flexibility index (Phi) is 18.1. The molecule has 0 saturated heterocycles. The van der Waals surface area contributed by atoms with Crippen LogP contribution in [0.25, 0.3) is 0 Å². The molecule has 3 heteroatoms. The molecule has 0 radical (unpaired) electrons. The van der Waals surface area contributed by atoms with E-state index in [2.05, 4.69) is 6.58 Å². The zero-order valence-electron chi connectivity index (χ0n) is 5.80. The van der Waals surface area contributed by atoms with Gasteiger partial charge in [-0.2, -0.15) is 0 Å². The van der Waals surface area contributed by atoms with Crippen LogP contribution >= 0.6 is 0 Å². The summed E-state index contributed by atoms with van der Waals surface area (Å²) in [4.78, 5) is 19.1. The number of aldehydes is 2. The van der Waals surface area contributed by atoms with Gasteiger partial charge < -0.3 is 9.59 Å². The monoisotopic (exact) mass is 141 g/mol. The van der Waals surface area contributed by atoms with Crippen LogP contribution in [0.3, 0.4) is 0 Å². The van der Waals surface area contributed by atoms with Gasteiger partial charge in [-0.05, 0) is 18.9 Å². The van der Waals surface area contributed by atoms with Crippen LogP contribution in [0.4, 0.5) is 0 Å². The van der Waals surface area contributed by atoms with Crippen molar-refractivity contribution in [3.63, 3.8) is 0 Å². The lowest BCUT2D eigenvalue weighted by atomic mass is 10.3. The van der Waals surface area contributed by atoms with E-state index >= 15 is 0 Å². The van der Waals surface area contributed by atoms with Crippen molar-refractivity contribution in [3.8, 4) is 0 Å². The highest BCUT2D eigenvalue weighted by Gasteiger charge is 1.80. The molecule has 56 valence electrons. The van der Waals surface area contributed by atoms with Gasteiger partial charge in [0.25, 0.3) is 0 Å². The Morgan fingerprint density at radius 3 is 1.80 bits per heavy atom. The smallest absolute Gasteiger partial charge is 0.120 e. The molecular weight excluding hydrogens is 130 g/mol. The summed E-state index contributed by atoms with van der Waals surface area (Å²) in [6.45, 7) is 2.90. The summed E-state index contributed by atoms with van der Waals surface area (Å²) in [6, 6.07) is 0. The van der Waals surface area contributed by atoms with Crippen molar-refractivity contribution in [2.45, 2.75) is 19.3 Å². The van der Waals surface area contributed by atoms with E-state index in [1.165, 1.54) is 0 Å². The predicted octanol–water partition coefficient (Wildman–Crippen LogP) is 0.975. The Morgan fingerprint density at radius 2 is 1.60 bits per heavy atom. The van der Waals surface area contributed by atoms with E-state index in [0.717, 1.165) is 12.6 Å². The van der Waals surface area contributed by atoms with Crippen molar-refractivity contribution in [3.05, 3.63) is 6.58 Å². The molecular formula is C7H11NO2. The van der Waals surface area contributed by atoms with Crippen LogP contribution in [0.2, 0.25) is 0 Å². The SMILES string of the molecule is C=C=N.O=CCCCC=O. The molecule has 0 amide bonds. The van der Waals surface area contributed by atoms with E-state index in [0.29, 0.717) is 19.3 Å². The van der Waals surface area contributed by atoms with Crippen LogP contribution in [-0.2, 0) is 9.59 Å². The molecule has 0 aromatic carbocycles. The van der Waals surface area contributed by atoms with E-state index in [-0.39, 0.29) is 0 Å². The summed E-state index contributed by atoms with van der Waals surface area (Å²) in [5, 5.41) is 5.85. The molecule has 0 aromatic rings. The van der Waals surface area contributed by atoms with Crippen LogP contribution < -0.4 is 0 Å². The first-order chi connectivity index (χ1) is 4.83. The minimum absolute atomic E-state index is 0.513. The summed E-state index contributed by atoms with van der Waals surface area (Å²) in [5.74, 6) is 1.75. The zero-order chi connectivity index (χ0) is 8.24. The van der Waals surface area contributed by atoms with Crippen LogP contribution in [0, 0.1) is 5.41 Å². The molecule has 1 N–H and O–H groups in total. The van der Waals surface area contributed by atoms with Gasteiger partial charge in [-0.1, -0.05) is 0 Å². The van der Waals surface area contributed by atoms with Gasteiger partial charge in [-0.25, -0.2) is 0 Å². The number of hydrogen-bond donors (Lipinski definition) is 1. The first kappa shape index (κ1) is 11.6. The molecule has 0 aliphatic carbocycles. The van der Waals surface area contributed by atoms with Gasteiger partial charge in [0, 0.05) is 12.8 Å². The highest BCUT2D eigenvalue weighted by Crippen LogP contribution is 1.85. The third-order valence-corrected chi connectivity index (χ3v) is 0.644. The largest absolute Gasteiger partial charge is 0.303 e. The summed E-state index contributed by atoms with van der Waals surface area (Å²) >= 11 is 0. The Morgan fingerprint density at radius 1 is 1.30 bits per heavy atom. The summed E-state index contributed by atoms with van der Waals surface area (Å²) in [7, 11) is 0. The lowest BCUT2D eigenvalue weighted by molar-refractivity contribution is -0.108. The van der Waals surface area contributed by atoms with Crippen LogP contribution in [0.1, 0.15) is 19.3 Å². The Bertz CT molecular complexity index is 107. The number of nitrogens with one attached hydrogen (secondary N) is 1.